The number of carbonyl (C=O) groups excluding carboxylic acids is 1. The predicted molar refractivity (Wildman–Crippen MR) is 53.8 cm³/mol. The molecule has 3 N–H and O–H groups in total. The van der Waals surface area contributed by atoms with Gasteiger partial charge in [0.05, 0.1) is 19.3 Å². The highest BCUT2D eigenvalue weighted by Gasteiger charge is 2.18. The highest BCUT2D eigenvalue weighted by molar-refractivity contribution is 5.81. The molecule has 0 aromatic rings. The summed E-state index contributed by atoms with van der Waals surface area (Å²) in [6.07, 6.45) is 0.605. The van der Waals surface area contributed by atoms with E-state index in [0.717, 1.165) is 0 Å². The van der Waals surface area contributed by atoms with Crippen LogP contribution in [0.2, 0.25) is 0 Å². The molecule has 0 bridgehead atoms. The van der Waals surface area contributed by atoms with Crippen molar-refractivity contribution in [2.75, 3.05) is 33.4 Å². The third-order valence-corrected chi connectivity index (χ3v) is 2.00. The molecule has 0 radical (unpaired) electrons. The summed E-state index contributed by atoms with van der Waals surface area (Å²) in [5.74, 6) is -0.126. The minimum atomic E-state index is -0.474. The Balaban J connectivity index is 4.10. The SMILES string of the molecule is CCC(N)C(=O)N(CCO)CCOC. The molecule has 0 rings (SSSR count). The second kappa shape index (κ2) is 7.73. The van der Waals surface area contributed by atoms with Crippen LogP contribution in [0.4, 0.5) is 0 Å². The molecule has 5 heteroatoms. The molecule has 0 aromatic carbocycles. The van der Waals surface area contributed by atoms with Crippen molar-refractivity contribution >= 4 is 5.91 Å². The number of aliphatic hydroxyl groups is 1. The number of hydrogen-bond acceptors (Lipinski definition) is 4. The number of rotatable bonds is 7. The smallest absolute Gasteiger partial charge is 0.239 e. The van der Waals surface area contributed by atoms with Gasteiger partial charge in [0.2, 0.25) is 5.91 Å². The molecule has 0 aliphatic carbocycles. The topological polar surface area (TPSA) is 75.8 Å². The van der Waals surface area contributed by atoms with Crippen molar-refractivity contribution in [1.82, 2.24) is 4.90 Å². The Morgan fingerprint density at radius 1 is 1.57 bits per heavy atom. The van der Waals surface area contributed by atoms with Gasteiger partial charge in [-0.05, 0) is 6.42 Å². The molecule has 0 saturated heterocycles. The summed E-state index contributed by atoms with van der Waals surface area (Å²) in [5.41, 5.74) is 5.61. The Labute approximate surface area is 84.8 Å². The van der Waals surface area contributed by atoms with E-state index >= 15 is 0 Å². The number of ether oxygens (including phenoxy) is 1. The lowest BCUT2D eigenvalue weighted by Crippen LogP contribution is -2.45. The van der Waals surface area contributed by atoms with E-state index in [1.807, 2.05) is 6.92 Å². The lowest BCUT2D eigenvalue weighted by Gasteiger charge is -2.24. The normalized spacial score (nSPS) is 12.6. The van der Waals surface area contributed by atoms with Crippen LogP contribution in [0.1, 0.15) is 13.3 Å². The zero-order valence-electron chi connectivity index (χ0n) is 8.90. The molecular formula is C9H20N2O3. The zero-order chi connectivity index (χ0) is 11.0. The molecule has 0 saturated carbocycles. The van der Waals surface area contributed by atoms with Gasteiger partial charge in [-0.3, -0.25) is 4.79 Å². The molecule has 5 nitrogen and oxygen atoms in total. The number of nitrogens with zero attached hydrogens (tertiary/aromatic N) is 1. The summed E-state index contributed by atoms with van der Waals surface area (Å²) >= 11 is 0. The van der Waals surface area contributed by atoms with Gasteiger partial charge in [0.25, 0.3) is 0 Å². The maximum atomic E-state index is 11.6. The fourth-order valence-electron chi connectivity index (χ4n) is 1.06. The van der Waals surface area contributed by atoms with Crippen molar-refractivity contribution in [3.8, 4) is 0 Å². The number of methoxy groups -OCH3 is 1. The molecule has 0 aliphatic rings. The van der Waals surface area contributed by atoms with E-state index in [1.165, 1.54) is 4.90 Å². The first-order chi connectivity index (χ1) is 6.67. The second-order valence-corrected chi connectivity index (χ2v) is 3.06. The first-order valence-corrected chi connectivity index (χ1v) is 4.81. The number of amides is 1. The van der Waals surface area contributed by atoms with Gasteiger partial charge in [-0.1, -0.05) is 6.92 Å². The van der Waals surface area contributed by atoms with Crippen LogP contribution in [0.15, 0.2) is 0 Å². The first-order valence-electron chi connectivity index (χ1n) is 4.81. The third kappa shape index (κ3) is 4.55. The van der Waals surface area contributed by atoms with Crippen LogP contribution < -0.4 is 5.73 Å². The standard InChI is InChI=1S/C9H20N2O3/c1-3-8(10)9(13)11(4-6-12)5-7-14-2/h8,12H,3-7,10H2,1-2H3. The van der Waals surface area contributed by atoms with Crippen molar-refractivity contribution in [2.45, 2.75) is 19.4 Å². The van der Waals surface area contributed by atoms with E-state index in [2.05, 4.69) is 0 Å². The Hall–Kier alpha value is -0.650. The molecule has 1 unspecified atom stereocenters. The highest BCUT2D eigenvalue weighted by atomic mass is 16.5. The Bertz CT molecular complexity index is 164. The molecule has 1 amide bonds. The summed E-state index contributed by atoms with van der Waals surface area (Å²) in [4.78, 5) is 13.1. The fraction of sp³-hybridized carbons (Fsp3) is 0.889. The van der Waals surface area contributed by atoms with Crippen molar-refractivity contribution in [1.29, 1.82) is 0 Å². The largest absolute Gasteiger partial charge is 0.395 e. The molecule has 84 valence electrons. The highest BCUT2D eigenvalue weighted by Crippen LogP contribution is 1.96. The molecule has 0 heterocycles. The van der Waals surface area contributed by atoms with Gasteiger partial charge >= 0.3 is 0 Å². The second-order valence-electron chi connectivity index (χ2n) is 3.06. The molecule has 0 fully saturated rings. The van der Waals surface area contributed by atoms with Crippen LogP contribution >= 0.6 is 0 Å². The Kier molecular flexibility index (Phi) is 7.37. The van der Waals surface area contributed by atoms with Gasteiger partial charge in [-0.15, -0.1) is 0 Å². The average Bonchev–Trinajstić information content (AvgIpc) is 2.22. The van der Waals surface area contributed by atoms with Crippen LogP contribution in [-0.4, -0.2) is 55.4 Å². The van der Waals surface area contributed by atoms with E-state index in [9.17, 15) is 4.79 Å². The van der Waals surface area contributed by atoms with Gasteiger partial charge < -0.3 is 20.5 Å². The Morgan fingerprint density at radius 3 is 2.64 bits per heavy atom. The van der Waals surface area contributed by atoms with Gasteiger partial charge in [0, 0.05) is 20.2 Å². The maximum absolute atomic E-state index is 11.6. The van der Waals surface area contributed by atoms with Crippen LogP contribution in [0.3, 0.4) is 0 Å². The Morgan fingerprint density at radius 2 is 2.21 bits per heavy atom. The maximum Gasteiger partial charge on any atom is 0.239 e. The van der Waals surface area contributed by atoms with Gasteiger partial charge in [0.15, 0.2) is 0 Å². The minimum Gasteiger partial charge on any atom is -0.395 e. The lowest BCUT2D eigenvalue weighted by atomic mass is 10.2. The van der Waals surface area contributed by atoms with Crippen molar-refractivity contribution in [3.63, 3.8) is 0 Å². The molecule has 0 spiro atoms. The molecule has 0 aliphatic heterocycles. The van der Waals surface area contributed by atoms with Gasteiger partial charge in [-0.2, -0.15) is 0 Å². The van der Waals surface area contributed by atoms with Crippen LogP contribution in [0.25, 0.3) is 0 Å². The van der Waals surface area contributed by atoms with E-state index in [1.54, 1.807) is 7.11 Å². The number of hydrogen-bond donors (Lipinski definition) is 2. The van der Waals surface area contributed by atoms with Crippen LogP contribution in [0, 0.1) is 0 Å². The molecule has 14 heavy (non-hydrogen) atoms. The quantitative estimate of drug-likeness (QED) is 0.569. The van der Waals surface area contributed by atoms with E-state index < -0.39 is 6.04 Å². The number of aliphatic hydroxyl groups excluding tert-OH is 1. The van der Waals surface area contributed by atoms with Crippen LogP contribution in [0.5, 0.6) is 0 Å². The monoisotopic (exact) mass is 204 g/mol. The zero-order valence-corrected chi connectivity index (χ0v) is 8.90. The lowest BCUT2D eigenvalue weighted by molar-refractivity contribution is -0.133. The first kappa shape index (κ1) is 13.4. The average molecular weight is 204 g/mol. The van der Waals surface area contributed by atoms with E-state index in [0.29, 0.717) is 26.1 Å². The summed E-state index contributed by atoms with van der Waals surface area (Å²) in [6, 6.07) is -0.474. The van der Waals surface area contributed by atoms with Gasteiger partial charge in [0.1, 0.15) is 0 Å². The summed E-state index contributed by atoms with van der Waals surface area (Å²) in [5, 5.41) is 8.76. The van der Waals surface area contributed by atoms with Gasteiger partial charge in [-0.25, -0.2) is 0 Å². The fourth-order valence-corrected chi connectivity index (χ4v) is 1.06. The third-order valence-electron chi connectivity index (χ3n) is 2.00. The number of nitrogens with two attached hydrogens (primary N) is 1. The van der Waals surface area contributed by atoms with E-state index in [-0.39, 0.29) is 12.5 Å². The van der Waals surface area contributed by atoms with Crippen molar-refractivity contribution in [2.24, 2.45) is 5.73 Å². The minimum absolute atomic E-state index is 0.0497. The molecule has 0 aromatic heterocycles. The molecular weight excluding hydrogens is 184 g/mol. The number of carbonyl (C=O) groups is 1. The van der Waals surface area contributed by atoms with Crippen molar-refractivity contribution < 1.29 is 14.6 Å². The van der Waals surface area contributed by atoms with E-state index in [4.69, 9.17) is 15.6 Å². The van der Waals surface area contributed by atoms with Crippen LogP contribution in [-0.2, 0) is 9.53 Å². The summed E-state index contributed by atoms with van der Waals surface area (Å²) < 4.78 is 4.87. The summed E-state index contributed by atoms with van der Waals surface area (Å²) in [7, 11) is 1.57. The van der Waals surface area contributed by atoms with Crippen molar-refractivity contribution in [3.05, 3.63) is 0 Å². The summed E-state index contributed by atoms with van der Waals surface area (Å²) in [6.45, 7) is 3.06. The molecule has 1 atom stereocenters. The predicted octanol–water partition coefficient (Wildman–Crippen LogP) is -0.809.